The van der Waals surface area contributed by atoms with Gasteiger partial charge in [0, 0.05) is 6.54 Å². The van der Waals surface area contributed by atoms with Crippen LogP contribution in [-0.2, 0) is 4.79 Å². The van der Waals surface area contributed by atoms with Crippen molar-refractivity contribution in [2.45, 2.75) is 5.92 Å². The first-order valence-corrected chi connectivity index (χ1v) is 5.61. The minimum Gasteiger partial charge on any atom is -0.351 e. The smallest absolute Gasteiger partial charge is 0.243 e. The van der Waals surface area contributed by atoms with Gasteiger partial charge in [-0.25, -0.2) is 4.98 Å². The van der Waals surface area contributed by atoms with Crippen molar-refractivity contribution in [2.75, 3.05) is 6.54 Å². The van der Waals surface area contributed by atoms with Gasteiger partial charge in [-0.2, -0.15) is 5.10 Å². The van der Waals surface area contributed by atoms with E-state index in [9.17, 15) is 4.79 Å². The number of nitrogens with one attached hydrogen (secondary N) is 2. The topological polar surface area (TPSA) is 70.7 Å². The van der Waals surface area contributed by atoms with E-state index in [1.54, 1.807) is 0 Å². The Kier molecular flexibility index (Phi) is 3.86. The third-order valence-corrected chi connectivity index (χ3v) is 2.63. The van der Waals surface area contributed by atoms with E-state index < -0.39 is 0 Å². The first kappa shape index (κ1) is 12.0. The quantitative estimate of drug-likeness (QED) is 0.775. The summed E-state index contributed by atoms with van der Waals surface area (Å²) in [7, 11) is 0. The first-order chi connectivity index (χ1) is 8.81. The van der Waals surface area contributed by atoms with E-state index in [4.69, 9.17) is 0 Å². The highest BCUT2D eigenvalue weighted by Gasteiger charge is 2.17. The summed E-state index contributed by atoms with van der Waals surface area (Å²) in [4.78, 5) is 15.4. The number of aromatic nitrogens is 3. The molecule has 0 spiro atoms. The molecule has 2 aromatic rings. The third kappa shape index (κ3) is 2.82. The lowest BCUT2D eigenvalue weighted by atomic mass is 9.98. The molecule has 0 fully saturated rings. The predicted octanol–water partition coefficient (Wildman–Crippen LogP) is 1.24. The molecule has 92 valence electrons. The molecule has 1 aromatic heterocycles. The minimum atomic E-state index is -0.199. The lowest BCUT2D eigenvalue weighted by Gasteiger charge is -2.14. The van der Waals surface area contributed by atoms with Gasteiger partial charge in [-0.15, -0.1) is 0 Å². The molecular formula is C13H14N4O. The van der Waals surface area contributed by atoms with E-state index in [-0.39, 0.29) is 11.8 Å². The number of carbonyl (C=O) groups excluding carboxylic acids is 1. The summed E-state index contributed by atoms with van der Waals surface area (Å²) in [5.41, 5.74) is 1.07. The van der Waals surface area contributed by atoms with Gasteiger partial charge in [0.15, 0.2) is 0 Å². The van der Waals surface area contributed by atoms with E-state index in [2.05, 4.69) is 27.1 Å². The molecule has 0 aliphatic carbocycles. The van der Waals surface area contributed by atoms with Gasteiger partial charge in [0.25, 0.3) is 0 Å². The fourth-order valence-corrected chi connectivity index (χ4v) is 1.72. The van der Waals surface area contributed by atoms with E-state index in [1.165, 1.54) is 12.4 Å². The highest BCUT2D eigenvalue weighted by Crippen LogP contribution is 2.20. The van der Waals surface area contributed by atoms with Crippen molar-refractivity contribution in [2.24, 2.45) is 0 Å². The Balaban J connectivity index is 2.19. The number of hydrogen-bond acceptors (Lipinski definition) is 3. The maximum Gasteiger partial charge on any atom is 0.243 e. The zero-order chi connectivity index (χ0) is 12.8. The molecule has 0 unspecified atom stereocenters. The van der Waals surface area contributed by atoms with Crippen molar-refractivity contribution in [1.29, 1.82) is 0 Å². The Morgan fingerprint density at radius 2 is 2.22 bits per heavy atom. The van der Waals surface area contributed by atoms with Crippen molar-refractivity contribution in [3.63, 3.8) is 0 Å². The van der Waals surface area contributed by atoms with Crippen LogP contribution in [0.5, 0.6) is 0 Å². The van der Waals surface area contributed by atoms with Crippen LogP contribution in [0.2, 0.25) is 0 Å². The monoisotopic (exact) mass is 242 g/mol. The summed E-state index contributed by atoms with van der Waals surface area (Å²) in [6, 6.07) is 9.84. The lowest BCUT2D eigenvalue weighted by Crippen LogP contribution is -2.27. The molecule has 1 amide bonds. The molecule has 5 nitrogen and oxygen atoms in total. The molecule has 5 heteroatoms. The van der Waals surface area contributed by atoms with Crippen molar-refractivity contribution >= 4 is 5.91 Å². The predicted molar refractivity (Wildman–Crippen MR) is 67.9 cm³/mol. The molecule has 2 rings (SSSR count). The third-order valence-electron chi connectivity index (χ3n) is 2.63. The van der Waals surface area contributed by atoms with Crippen LogP contribution < -0.4 is 5.32 Å². The minimum absolute atomic E-state index is 0.0439. The van der Waals surface area contributed by atoms with Crippen LogP contribution in [0.15, 0.2) is 49.3 Å². The second-order valence-corrected chi connectivity index (χ2v) is 3.78. The number of carbonyl (C=O) groups is 1. The Morgan fingerprint density at radius 3 is 2.83 bits per heavy atom. The van der Waals surface area contributed by atoms with Gasteiger partial charge in [0.1, 0.15) is 12.2 Å². The number of nitrogens with zero attached hydrogens (tertiary/aromatic N) is 2. The van der Waals surface area contributed by atoms with Crippen LogP contribution >= 0.6 is 0 Å². The summed E-state index contributed by atoms with van der Waals surface area (Å²) in [5.74, 6) is 0.485. The molecular weight excluding hydrogens is 228 g/mol. The summed E-state index contributed by atoms with van der Waals surface area (Å²) >= 11 is 0. The van der Waals surface area contributed by atoms with Crippen molar-refractivity contribution in [3.05, 3.63) is 60.7 Å². The number of H-pyrrole nitrogens is 1. The number of amides is 1. The zero-order valence-corrected chi connectivity index (χ0v) is 9.84. The molecule has 2 N–H and O–H groups in total. The Morgan fingerprint density at radius 1 is 1.44 bits per heavy atom. The highest BCUT2D eigenvalue weighted by molar-refractivity contribution is 5.86. The van der Waals surface area contributed by atoms with Crippen molar-refractivity contribution in [1.82, 2.24) is 20.5 Å². The maximum atomic E-state index is 11.2. The van der Waals surface area contributed by atoms with Gasteiger partial charge >= 0.3 is 0 Å². The highest BCUT2D eigenvalue weighted by atomic mass is 16.1. The van der Waals surface area contributed by atoms with Crippen molar-refractivity contribution < 1.29 is 4.79 Å². The van der Waals surface area contributed by atoms with Gasteiger partial charge in [-0.3, -0.25) is 9.89 Å². The molecule has 0 radical (unpaired) electrons. The normalized spacial score (nSPS) is 11.8. The molecule has 1 aromatic carbocycles. The average Bonchev–Trinajstić information content (AvgIpc) is 2.94. The SMILES string of the molecule is C=CC(=O)NC[C@H](c1ccccc1)c1ncn[nH]1. The van der Waals surface area contributed by atoms with E-state index in [0.717, 1.165) is 11.4 Å². The van der Waals surface area contributed by atoms with Gasteiger partial charge < -0.3 is 5.32 Å². The summed E-state index contributed by atoms with van der Waals surface area (Å²) in [5, 5.41) is 9.46. The summed E-state index contributed by atoms with van der Waals surface area (Å²) in [6.07, 6.45) is 2.71. The first-order valence-electron chi connectivity index (χ1n) is 5.61. The molecule has 18 heavy (non-hydrogen) atoms. The Labute approximate surface area is 105 Å². The van der Waals surface area contributed by atoms with Gasteiger partial charge in [0.05, 0.1) is 5.92 Å². The van der Waals surface area contributed by atoms with Crippen LogP contribution in [0.25, 0.3) is 0 Å². The molecule has 1 heterocycles. The summed E-state index contributed by atoms with van der Waals surface area (Å²) < 4.78 is 0. The van der Waals surface area contributed by atoms with Crippen LogP contribution in [0, 0.1) is 0 Å². The second kappa shape index (κ2) is 5.77. The fourth-order valence-electron chi connectivity index (χ4n) is 1.72. The standard InChI is InChI=1S/C13H14N4O/c1-2-12(18)14-8-11(13-15-9-16-17-13)10-6-4-3-5-7-10/h2-7,9,11H,1,8H2,(H,14,18)(H,15,16,17)/t11-/m1/s1. The Hall–Kier alpha value is -2.43. The second-order valence-electron chi connectivity index (χ2n) is 3.78. The van der Waals surface area contributed by atoms with Crippen LogP contribution in [0.1, 0.15) is 17.3 Å². The van der Waals surface area contributed by atoms with Gasteiger partial charge in [-0.05, 0) is 11.6 Å². The van der Waals surface area contributed by atoms with Crippen LogP contribution in [0.3, 0.4) is 0 Å². The number of rotatable bonds is 5. The molecule has 0 saturated carbocycles. The molecule has 0 aliphatic heterocycles. The summed E-state index contributed by atoms with van der Waals surface area (Å²) in [6.45, 7) is 3.87. The van der Waals surface area contributed by atoms with Crippen molar-refractivity contribution in [3.8, 4) is 0 Å². The fraction of sp³-hybridized carbons (Fsp3) is 0.154. The number of hydrogen-bond donors (Lipinski definition) is 2. The van der Waals surface area contributed by atoms with E-state index >= 15 is 0 Å². The number of benzene rings is 1. The average molecular weight is 242 g/mol. The Bertz CT molecular complexity index is 507. The molecule has 0 aliphatic rings. The zero-order valence-electron chi connectivity index (χ0n) is 9.84. The molecule has 1 atom stereocenters. The van der Waals surface area contributed by atoms with Gasteiger partial charge in [-0.1, -0.05) is 36.9 Å². The molecule has 0 saturated heterocycles. The molecule has 0 bridgehead atoms. The van der Waals surface area contributed by atoms with E-state index in [0.29, 0.717) is 6.54 Å². The lowest BCUT2D eigenvalue weighted by molar-refractivity contribution is -0.116. The van der Waals surface area contributed by atoms with Crippen LogP contribution in [0.4, 0.5) is 0 Å². The van der Waals surface area contributed by atoms with Crippen LogP contribution in [-0.4, -0.2) is 27.6 Å². The maximum absolute atomic E-state index is 11.2. The number of aromatic amines is 1. The van der Waals surface area contributed by atoms with E-state index in [1.807, 2.05) is 30.3 Å². The largest absolute Gasteiger partial charge is 0.351 e. The van der Waals surface area contributed by atoms with Gasteiger partial charge in [0.2, 0.25) is 5.91 Å².